The lowest BCUT2D eigenvalue weighted by Gasteiger charge is -2.36. The molecule has 1 nitrogen and oxygen atoms in total. The van der Waals surface area contributed by atoms with Gasteiger partial charge in [-0.15, -0.1) is 0 Å². The van der Waals surface area contributed by atoms with E-state index in [2.05, 4.69) is 85.4 Å². The summed E-state index contributed by atoms with van der Waals surface area (Å²) in [5.74, 6) is 0.858. The van der Waals surface area contributed by atoms with Crippen LogP contribution in [0, 0.1) is 18.8 Å². The van der Waals surface area contributed by atoms with E-state index in [1.165, 1.54) is 52.8 Å². The summed E-state index contributed by atoms with van der Waals surface area (Å²) in [5, 5.41) is 0. The van der Waals surface area contributed by atoms with Gasteiger partial charge in [-0.05, 0) is 72.7 Å². The molecule has 3 saturated carbocycles. The van der Waals surface area contributed by atoms with Crippen LogP contribution in [-0.4, -0.2) is 0 Å². The van der Waals surface area contributed by atoms with Crippen LogP contribution in [0.2, 0.25) is 0 Å². The van der Waals surface area contributed by atoms with E-state index in [1.807, 2.05) is 0 Å². The van der Waals surface area contributed by atoms with Gasteiger partial charge in [-0.2, -0.15) is 0 Å². The van der Waals surface area contributed by atoms with Crippen molar-refractivity contribution in [2.45, 2.75) is 32.1 Å². The van der Waals surface area contributed by atoms with Crippen LogP contribution < -0.4 is 4.57 Å². The highest BCUT2D eigenvalue weighted by molar-refractivity contribution is 5.66. The van der Waals surface area contributed by atoms with Gasteiger partial charge < -0.3 is 0 Å². The minimum Gasteiger partial charge on any atom is -0.200 e. The summed E-state index contributed by atoms with van der Waals surface area (Å²) < 4.78 is 11.1. The number of nitrogens with zero attached hydrogens (tertiary/aromatic N) is 1. The Kier molecular flexibility index (Phi) is 3.45. The molecule has 1 aromatic heterocycles. The van der Waals surface area contributed by atoms with Crippen LogP contribution in [0.15, 0.2) is 66.9 Å². The van der Waals surface area contributed by atoms with Gasteiger partial charge in [0.15, 0.2) is 6.20 Å². The number of aryl methyl sites for hydroxylation is 2. The van der Waals surface area contributed by atoms with Gasteiger partial charge in [-0.25, -0.2) is 4.57 Å². The first-order chi connectivity index (χ1) is 13.1. The van der Waals surface area contributed by atoms with Crippen LogP contribution in [-0.2, 0) is 7.05 Å². The van der Waals surface area contributed by atoms with Gasteiger partial charge in [0.05, 0.1) is 0 Å². The third-order valence-corrected chi connectivity index (χ3v) is 6.42. The standard InChI is InChI=1S/C25H26N/c1-17-5-3-4-6-23(17)24-14-13-22(16-26(24)2)18-7-9-19(10-8-18)25-20-11-12-21(25)15-20/h3-10,13-14,16,20-21,25H,11-12,15H2,1-2H3/q+1/i25D. The minimum absolute atomic E-state index is 0.308. The van der Waals surface area contributed by atoms with Crippen molar-refractivity contribution in [3.63, 3.8) is 0 Å². The van der Waals surface area contributed by atoms with Gasteiger partial charge in [-0.3, -0.25) is 0 Å². The molecule has 0 amide bonds. The second-order valence-corrected chi connectivity index (χ2v) is 7.97. The fourth-order valence-electron chi connectivity index (χ4n) is 4.96. The lowest BCUT2D eigenvalue weighted by molar-refractivity contribution is -0.659. The van der Waals surface area contributed by atoms with Crippen LogP contribution in [0.25, 0.3) is 22.4 Å². The second-order valence-electron chi connectivity index (χ2n) is 7.97. The number of hydrogen-bond acceptors (Lipinski definition) is 0. The molecule has 3 aromatic rings. The normalized spacial score (nSPS) is 27.1. The Morgan fingerprint density at radius 2 is 1.58 bits per heavy atom. The lowest BCUT2D eigenvalue weighted by Crippen LogP contribution is -2.30. The number of rotatable bonds is 3. The highest BCUT2D eigenvalue weighted by Gasteiger charge is 2.46. The summed E-state index contributed by atoms with van der Waals surface area (Å²) in [6, 6.07) is 21.7. The Bertz CT molecular complexity index is 991. The molecule has 0 radical (unpaired) electrons. The smallest absolute Gasteiger partial charge is 0.200 e. The molecule has 2 aromatic carbocycles. The van der Waals surface area contributed by atoms with Gasteiger partial charge >= 0.3 is 0 Å². The Labute approximate surface area is 157 Å². The zero-order valence-electron chi connectivity index (χ0n) is 16.6. The fourth-order valence-corrected chi connectivity index (χ4v) is 4.96. The zero-order valence-corrected chi connectivity index (χ0v) is 15.6. The summed E-state index contributed by atoms with van der Waals surface area (Å²) >= 11 is 0. The molecule has 3 fully saturated rings. The molecule has 0 spiro atoms. The number of fused-ring (bicyclic) bond motifs is 1. The van der Waals surface area contributed by atoms with E-state index in [1.54, 1.807) is 0 Å². The average Bonchev–Trinajstić information content (AvgIpc) is 3.32. The summed E-state index contributed by atoms with van der Waals surface area (Å²) in [5.41, 5.74) is 7.45. The second kappa shape index (κ2) is 6.09. The van der Waals surface area contributed by atoms with Crippen LogP contribution >= 0.6 is 0 Å². The molecule has 26 heavy (non-hydrogen) atoms. The Morgan fingerprint density at radius 1 is 0.885 bits per heavy atom. The van der Waals surface area contributed by atoms with E-state index >= 15 is 0 Å². The monoisotopic (exact) mass is 341 g/mol. The maximum Gasteiger partial charge on any atom is 0.212 e. The molecule has 0 aliphatic heterocycles. The number of pyridine rings is 1. The van der Waals surface area contributed by atoms with Crippen molar-refractivity contribution in [1.82, 2.24) is 0 Å². The summed E-state index contributed by atoms with van der Waals surface area (Å²) in [6.07, 6.45) is 5.96. The Hall–Kier alpha value is -2.41. The van der Waals surface area contributed by atoms with Crippen molar-refractivity contribution in [3.8, 4) is 22.4 Å². The van der Waals surface area contributed by atoms with Crippen molar-refractivity contribution >= 4 is 0 Å². The molecule has 3 aliphatic carbocycles. The van der Waals surface area contributed by atoms with E-state index in [0.717, 1.165) is 0 Å². The molecule has 2 bridgehead atoms. The van der Waals surface area contributed by atoms with E-state index in [-0.39, 0.29) is 5.89 Å². The topological polar surface area (TPSA) is 3.88 Å². The molecular formula is C25H26N+. The summed E-state index contributed by atoms with van der Waals surface area (Å²) in [6.45, 7) is 2.16. The molecule has 130 valence electrons. The van der Waals surface area contributed by atoms with E-state index in [9.17, 15) is 0 Å². The van der Waals surface area contributed by atoms with Gasteiger partial charge in [0.25, 0.3) is 0 Å². The fraction of sp³-hybridized carbons (Fsp3) is 0.320. The molecule has 6 rings (SSSR count). The molecule has 0 N–H and O–H groups in total. The third kappa shape index (κ3) is 2.49. The first kappa shape index (κ1) is 14.7. The zero-order chi connectivity index (χ0) is 18.6. The van der Waals surface area contributed by atoms with Crippen LogP contribution in [0.5, 0.6) is 0 Å². The first-order valence-electron chi connectivity index (χ1n) is 10.2. The molecule has 1 heterocycles. The molecule has 3 aliphatic rings. The van der Waals surface area contributed by atoms with E-state index < -0.39 is 0 Å². The Balaban J connectivity index is 1.45. The number of benzene rings is 2. The largest absolute Gasteiger partial charge is 0.212 e. The first-order valence-corrected chi connectivity index (χ1v) is 9.74. The molecule has 1 heteroatoms. The van der Waals surface area contributed by atoms with Crippen LogP contribution in [0.4, 0.5) is 0 Å². The third-order valence-electron chi connectivity index (χ3n) is 6.42. The molecule has 2 atom stereocenters. The van der Waals surface area contributed by atoms with Crippen molar-refractivity contribution in [2.75, 3.05) is 0 Å². The molecular weight excluding hydrogens is 314 g/mol. The summed E-state index contributed by atoms with van der Waals surface area (Å²) in [4.78, 5) is 0. The minimum atomic E-state index is -0.308. The molecule has 0 saturated heterocycles. The van der Waals surface area contributed by atoms with Crippen molar-refractivity contribution < 1.29 is 5.94 Å². The number of hydrogen-bond donors (Lipinski definition) is 0. The van der Waals surface area contributed by atoms with Gasteiger partial charge in [-0.1, -0.05) is 42.5 Å². The van der Waals surface area contributed by atoms with Crippen molar-refractivity contribution in [2.24, 2.45) is 18.9 Å². The van der Waals surface area contributed by atoms with Crippen molar-refractivity contribution in [3.05, 3.63) is 78.0 Å². The highest BCUT2D eigenvalue weighted by atomic mass is 14.9. The summed E-state index contributed by atoms with van der Waals surface area (Å²) in [7, 11) is 2.12. The average molecular weight is 341 g/mol. The SMILES string of the molecule is [2H]C1(c2ccc(-c3ccc(-c4ccccc4C)[n+](C)c3)cc2)C2CCC1C2. The predicted octanol–water partition coefficient (Wildman–Crippen LogP) is 5.67. The lowest BCUT2D eigenvalue weighted by atomic mass is 9.68. The van der Waals surface area contributed by atoms with E-state index in [0.29, 0.717) is 11.8 Å². The van der Waals surface area contributed by atoms with Crippen LogP contribution in [0.1, 0.15) is 37.7 Å². The maximum atomic E-state index is 8.93. The molecule has 2 unspecified atom stereocenters. The van der Waals surface area contributed by atoms with Crippen LogP contribution in [0.3, 0.4) is 0 Å². The van der Waals surface area contributed by atoms with Gasteiger partial charge in [0.2, 0.25) is 5.69 Å². The highest BCUT2D eigenvalue weighted by Crippen LogP contribution is 2.58. The predicted molar refractivity (Wildman–Crippen MR) is 107 cm³/mol. The maximum absolute atomic E-state index is 8.93. The van der Waals surface area contributed by atoms with Crippen molar-refractivity contribution in [1.29, 1.82) is 0 Å². The Morgan fingerprint density at radius 3 is 2.23 bits per heavy atom. The van der Waals surface area contributed by atoms with Gasteiger partial charge in [0.1, 0.15) is 7.05 Å². The quantitative estimate of drug-likeness (QED) is 0.541. The van der Waals surface area contributed by atoms with Gasteiger partial charge in [0, 0.05) is 18.6 Å². The van der Waals surface area contributed by atoms with E-state index in [4.69, 9.17) is 1.37 Å². The number of aromatic nitrogens is 1.